The van der Waals surface area contributed by atoms with E-state index in [4.69, 9.17) is 13.6 Å². The summed E-state index contributed by atoms with van der Waals surface area (Å²) in [6.07, 6.45) is 1.32. The summed E-state index contributed by atoms with van der Waals surface area (Å²) < 4.78 is 0. The van der Waals surface area contributed by atoms with Crippen molar-refractivity contribution in [3.8, 4) is 0 Å². The van der Waals surface area contributed by atoms with Crippen LogP contribution < -0.4 is 11.2 Å². The van der Waals surface area contributed by atoms with E-state index in [1.54, 1.807) is 0 Å². The highest BCUT2D eigenvalue weighted by molar-refractivity contribution is 6.35. The summed E-state index contributed by atoms with van der Waals surface area (Å²) in [5.41, 5.74) is 4.89. The van der Waals surface area contributed by atoms with Crippen LogP contribution in [0.4, 0.5) is 11.5 Å². The standard InChI is InChI=1S/C5H4BN3O2/c6-3-1-2-8-5(7)4(3)9(10)11/h1-2H,(H2,7,8). The number of anilines is 1. The van der Waals surface area contributed by atoms with Crippen LogP contribution in [-0.2, 0) is 0 Å². The number of pyridine rings is 1. The number of hydrogen-bond donors (Lipinski definition) is 1. The summed E-state index contributed by atoms with van der Waals surface area (Å²) in [6.45, 7) is 0. The third kappa shape index (κ3) is 1.29. The third-order valence-corrected chi connectivity index (χ3v) is 1.17. The SMILES string of the molecule is [B]c1ccnc(N)c1[N+](=O)[O-]. The molecule has 1 rings (SSSR count). The van der Waals surface area contributed by atoms with Gasteiger partial charge in [0.05, 0.1) is 4.92 Å². The van der Waals surface area contributed by atoms with Crippen LogP contribution in [0.3, 0.4) is 0 Å². The van der Waals surface area contributed by atoms with Gasteiger partial charge in [0.25, 0.3) is 0 Å². The van der Waals surface area contributed by atoms with Crippen LogP contribution in [0.5, 0.6) is 0 Å². The Bertz CT molecular complexity index is 282. The van der Waals surface area contributed by atoms with E-state index in [9.17, 15) is 10.1 Å². The van der Waals surface area contributed by atoms with Gasteiger partial charge >= 0.3 is 5.69 Å². The van der Waals surface area contributed by atoms with Crippen molar-refractivity contribution in [1.29, 1.82) is 0 Å². The lowest BCUT2D eigenvalue weighted by Gasteiger charge is -1.97. The van der Waals surface area contributed by atoms with Gasteiger partial charge in [0.1, 0.15) is 7.85 Å². The quantitative estimate of drug-likeness (QED) is 0.327. The number of nitrogen functional groups attached to an aromatic ring is 1. The number of nitrogens with zero attached hydrogens (tertiary/aromatic N) is 2. The summed E-state index contributed by atoms with van der Waals surface area (Å²) >= 11 is 0. The number of aromatic nitrogens is 1. The summed E-state index contributed by atoms with van der Waals surface area (Å²) in [4.78, 5) is 13.1. The Balaban J connectivity index is 3.32. The van der Waals surface area contributed by atoms with Crippen molar-refractivity contribution in [2.75, 3.05) is 5.73 Å². The first-order chi connectivity index (χ1) is 5.13. The second-order valence-corrected chi connectivity index (χ2v) is 1.89. The maximum absolute atomic E-state index is 10.2. The molecule has 0 aliphatic rings. The van der Waals surface area contributed by atoms with Crippen LogP contribution in [0.15, 0.2) is 12.3 Å². The Morgan fingerprint density at radius 3 is 2.73 bits per heavy atom. The van der Waals surface area contributed by atoms with Crippen molar-refractivity contribution < 1.29 is 4.92 Å². The molecule has 0 aromatic carbocycles. The fourth-order valence-electron chi connectivity index (χ4n) is 0.685. The third-order valence-electron chi connectivity index (χ3n) is 1.17. The van der Waals surface area contributed by atoms with Crippen molar-refractivity contribution >= 4 is 24.8 Å². The van der Waals surface area contributed by atoms with E-state index >= 15 is 0 Å². The van der Waals surface area contributed by atoms with Gasteiger partial charge in [-0.2, -0.15) is 0 Å². The molecule has 0 atom stereocenters. The second kappa shape index (κ2) is 2.57. The normalized spacial score (nSPS) is 9.45. The van der Waals surface area contributed by atoms with Crippen LogP contribution in [0.25, 0.3) is 0 Å². The minimum Gasteiger partial charge on any atom is -0.378 e. The van der Waals surface area contributed by atoms with Gasteiger partial charge in [-0.15, -0.1) is 0 Å². The lowest BCUT2D eigenvalue weighted by atomic mass is 9.95. The molecule has 2 N–H and O–H groups in total. The lowest BCUT2D eigenvalue weighted by molar-refractivity contribution is -0.382. The number of hydrogen-bond acceptors (Lipinski definition) is 4. The molecule has 1 heterocycles. The van der Waals surface area contributed by atoms with E-state index in [0.29, 0.717) is 0 Å². The summed E-state index contributed by atoms with van der Waals surface area (Å²) in [6, 6.07) is 1.33. The van der Waals surface area contributed by atoms with Crippen molar-refractivity contribution in [1.82, 2.24) is 4.98 Å². The van der Waals surface area contributed by atoms with Gasteiger partial charge in [-0.1, -0.05) is 0 Å². The molecular weight excluding hydrogens is 145 g/mol. The summed E-state index contributed by atoms with van der Waals surface area (Å²) in [7, 11) is 5.26. The molecule has 1 aromatic heterocycles. The average molecular weight is 149 g/mol. The molecule has 54 valence electrons. The highest BCUT2D eigenvalue weighted by Crippen LogP contribution is 2.12. The predicted molar refractivity (Wildman–Crippen MR) is 40.7 cm³/mol. The van der Waals surface area contributed by atoms with E-state index in [2.05, 4.69) is 4.98 Å². The van der Waals surface area contributed by atoms with E-state index in [0.717, 1.165) is 0 Å². The zero-order chi connectivity index (χ0) is 8.43. The molecule has 1 aromatic rings. The molecule has 0 bridgehead atoms. The minimum atomic E-state index is -0.655. The molecule has 0 spiro atoms. The smallest absolute Gasteiger partial charge is 0.304 e. The van der Waals surface area contributed by atoms with E-state index in [-0.39, 0.29) is 17.0 Å². The van der Waals surface area contributed by atoms with Crippen molar-refractivity contribution in [3.63, 3.8) is 0 Å². The largest absolute Gasteiger partial charge is 0.378 e. The molecular formula is C5H4BN3O2. The molecule has 0 saturated heterocycles. The molecule has 0 unspecified atom stereocenters. The molecule has 0 fully saturated rings. The molecule has 2 radical (unpaired) electrons. The van der Waals surface area contributed by atoms with Crippen LogP contribution >= 0.6 is 0 Å². The Kier molecular flexibility index (Phi) is 1.76. The topological polar surface area (TPSA) is 82.0 Å². The highest BCUT2D eigenvalue weighted by atomic mass is 16.6. The van der Waals surface area contributed by atoms with Crippen molar-refractivity contribution in [2.45, 2.75) is 0 Å². The van der Waals surface area contributed by atoms with Gasteiger partial charge in [-0.25, -0.2) is 4.98 Å². The average Bonchev–Trinajstić information content (AvgIpc) is 1.85. The molecule has 6 heteroatoms. The van der Waals surface area contributed by atoms with Gasteiger partial charge in [0.15, 0.2) is 0 Å². The lowest BCUT2D eigenvalue weighted by Crippen LogP contribution is -2.12. The molecule has 11 heavy (non-hydrogen) atoms. The number of rotatable bonds is 1. The van der Waals surface area contributed by atoms with Crippen LogP contribution in [-0.4, -0.2) is 17.8 Å². The molecule has 5 nitrogen and oxygen atoms in total. The van der Waals surface area contributed by atoms with Crippen molar-refractivity contribution in [3.05, 3.63) is 22.4 Å². The number of nitro groups is 1. The first-order valence-electron chi connectivity index (χ1n) is 2.77. The monoisotopic (exact) mass is 149 g/mol. The van der Waals surface area contributed by atoms with Gasteiger partial charge in [0.2, 0.25) is 5.82 Å². The molecule has 0 amide bonds. The van der Waals surface area contributed by atoms with Crippen LogP contribution in [0, 0.1) is 10.1 Å². The van der Waals surface area contributed by atoms with Gasteiger partial charge in [-0.3, -0.25) is 10.1 Å². The number of nitrogens with two attached hydrogens (primary N) is 1. The van der Waals surface area contributed by atoms with Gasteiger partial charge in [0, 0.05) is 6.20 Å². The van der Waals surface area contributed by atoms with E-state index in [1.807, 2.05) is 0 Å². The van der Waals surface area contributed by atoms with Gasteiger partial charge < -0.3 is 5.73 Å². The zero-order valence-corrected chi connectivity index (χ0v) is 5.52. The first-order valence-corrected chi connectivity index (χ1v) is 2.77. The van der Waals surface area contributed by atoms with E-state index < -0.39 is 4.92 Å². The van der Waals surface area contributed by atoms with Gasteiger partial charge in [-0.05, 0) is 11.5 Å². The Labute approximate surface area is 63.8 Å². The van der Waals surface area contributed by atoms with Crippen molar-refractivity contribution in [2.24, 2.45) is 0 Å². The Morgan fingerprint density at radius 2 is 2.36 bits per heavy atom. The predicted octanol–water partition coefficient (Wildman–Crippen LogP) is -0.634. The summed E-state index contributed by atoms with van der Waals surface area (Å²) in [5.74, 6) is -0.157. The van der Waals surface area contributed by atoms with E-state index in [1.165, 1.54) is 12.3 Å². The maximum atomic E-state index is 10.2. The zero-order valence-electron chi connectivity index (χ0n) is 5.52. The molecule has 0 aliphatic carbocycles. The van der Waals surface area contributed by atoms with Crippen LogP contribution in [0.2, 0.25) is 0 Å². The minimum absolute atomic E-state index is 0.0301. The first kappa shape index (κ1) is 7.52. The summed E-state index contributed by atoms with van der Waals surface area (Å²) in [5, 5.41) is 10.2. The second-order valence-electron chi connectivity index (χ2n) is 1.89. The van der Waals surface area contributed by atoms with Crippen LogP contribution in [0.1, 0.15) is 0 Å². The molecule has 0 saturated carbocycles. The highest BCUT2D eigenvalue weighted by Gasteiger charge is 2.14. The Morgan fingerprint density at radius 1 is 1.73 bits per heavy atom. The maximum Gasteiger partial charge on any atom is 0.304 e. The fraction of sp³-hybridized carbons (Fsp3) is 0. The fourth-order valence-corrected chi connectivity index (χ4v) is 0.685. The Hall–Kier alpha value is -1.59. The molecule has 0 aliphatic heterocycles.